The van der Waals surface area contributed by atoms with Crippen LogP contribution in [-0.2, 0) is 19.9 Å². The van der Waals surface area contributed by atoms with E-state index in [0.717, 1.165) is 23.4 Å². The molecule has 1 heterocycles. The first-order valence-electron chi connectivity index (χ1n) is 6.43. The van der Waals surface area contributed by atoms with Crippen molar-refractivity contribution in [2.45, 2.75) is 26.7 Å². The molecule has 106 valence electrons. The highest BCUT2D eigenvalue weighted by Crippen LogP contribution is 2.23. The van der Waals surface area contributed by atoms with Gasteiger partial charge >= 0.3 is 0 Å². The van der Waals surface area contributed by atoms with E-state index in [4.69, 9.17) is 23.2 Å². The number of halogens is 2. The van der Waals surface area contributed by atoms with Gasteiger partial charge < -0.3 is 0 Å². The molecule has 0 amide bonds. The lowest BCUT2D eigenvalue weighted by Crippen LogP contribution is -2.08. The average molecular weight is 311 g/mol. The van der Waals surface area contributed by atoms with Crippen molar-refractivity contribution in [1.82, 2.24) is 9.78 Å². The summed E-state index contributed by atoms with van der Waals surface area (Å²) < 4.78 is 1.68. The maximum atomic E-state index is 12.3. The highest BCUT2D eigenvalue weighted by molar-refractivity contribution is 6.32. The number of hydrogen-bond donors (Lipinski definition) is 0. The van der Waals surface area contributed by atoms with Crippen molar-refractivity contribution in [1.29, 1.82) is 0 Å². The van der Waals surface area contributed by atoms with Gasteiger partial charge in [0.15, 0.2) is 5.78 Å². The van der Waals surface area contributed by atoms with Gasteiger partial charge in [-0.05, 0) is 37.1 Å². The van der Waals surface area contributed by atoms with Crippen molar-refractivity contribution in [2.24, 2.45) is 7.05 Å². The molecule has 0 bridgehead atoms. The van der Waals surface area contributed by atoms with Crippen molar-refractivity contribution in [2.75, 3.05) is 0 Å². The highest BCUT2D eigenvalue weighted by atomic mass is 35.5. The third-order valence-corrected chi connectivity index (χ3v) is 4.17. The molecule has 0 unspecified atom stereocenters. The summed E-state index contributed by atoms with van der Waals surface area (Å²) in [5, 5.41) is 5.57. The standard InChI is InChI=1S/C15H16Cl2N2O/c1-4-12-15(17)13(19(3)18-12)8-14(20)10-5-6-11(16)9(2)7-10/h5-7H,4,8H2,1-3H3. The largest absolute Gasteiger partial charge is 0.294 e. The fourth-order valence-corrected chi connectivity index (χ4v) is 2.56. The molecule has 0 aliphatic carbocycles. The number of carbonyl (C=O) groups excluding carboxylic acids is 1. The van der Waals surface area contributed by atoms with E-state index in [1.807, 2.05) is 13.8 Å². The van der Waals surface area contributed by atoms with Gasteiger partial charge in [-0.2, -0.15) is 5.10 Å². The molecule has 0 N–H and O–H groups in total. The van der Waals surface area contributed by atoms with Crippen LogP contribution in [0.3, 0.4) is 0 Å². The Labute approximate surface area is 128 Å². The second kappa shape index (κ2) is 5.98. The molecule has 20 heavy (non-hydrogen) atoms. The van der Waals surface area contributed by atoms with Gasteiger partial charge in [-0.25, -0.2) is 0 Å². The van der Waals surface area contributed by atoms with Crippen LogP contribution in [0.4, 0.5) is 0 Å². The molecule has 1 aromatic heterocycles. The first-order chi connectivity index (χ1) is 9.43. The van der Waals surface area contributed by atoms with E-state index in [2.05, 4.69) is 5.10 Å². The second-order valence-corrected chi connectivity index (χ2v) is 5.53. The van der Waals surface area contributed by atoms with Gasteiger partial charge in [0.05, 0.1) is 22.8 Å². The Morgan fingerprint density at radius 1 is 1.35 bits per heavy atom. The number of Topliss-reactive ketones (excluding diaryl/α,β-unsaturated/α-hetero) is 1. The van der Waals surface area contributed by atoms with E-state index < -0.39 is 0 Å². The lowest BCUT2D eigenvalue weighted by atomic mass is 10.0. The first kappa shape index (κ1) is 15.1. The predicted octanol–water partition coefficient (Wildman–Crippen LogP) is 4.02. The Bertz CT molecular complexity index is 662. The van der Waals surface area contributed by atoms with Crippen LogP contribution < -0.4 is 0 Å². The fourth-order valence-electron chi connectivity index (χ4n) is 2.08. The van der Waals surface area contributed by atoms with Crippen molar-refractivity contribution in [3.63, 3.8) is 0 Å². The Morgan fingerprint density at radius 3 is 2.60 bits per heavy atom. The molecule has 1 aromatic carbocycles. The normalized spacial score (nSPS) is 10.8. The third kappa shape index (κ3) is 2.89. The minimum absolute atomic E-state index is 0.0114. The zero-order valence-corrected chi connectivity index (χ0v) is 13.2. The van der Waals surface area contributed by atoms with Crippen LogP contribution in [-0.4, -0.2) is 15.6 Å². The summed E-state index contributed by atoms with van der Waals surface area (Å²) in [4.78, 5) is 12.3. The molecule has 0 radical (unpaired) electrons. The number of hydrogen-bond acceptors (Lipinski definition) is 2. The molecule has 0 fully saturated rings. The lowest BCUT2D eigenvalue weighted by molar-refractivity contribution is 0.0990. The number of carbonyl (C=O) groups is 1. The SMILES string of the molecule is CCc1nn(C)c(CC(=O)c2ccc(Cl)c(C)c2)c1Cl. The highest BCUT2D eigenvalue weighted by Gasteiger charge is 2.17. The summed E-state index contributed by atoms with van der Waals surface area (Å²) in [6.45, 7) is 3.87. The zero-order valence-electron chi connectivity index (χ0n) is 11.7. The van der Waals surface area contributed by atoms with Crippen molar-refractivity contribution in [3.05, 3.63) is 50.8 Å². The van der Waals surface area contributed by atoms with Gasteiger partial charge in [0.2, 0.25) is 0 Å². The Balaban J connectivity index is 2.28. The van der Waals surface area contributed by atoms with E-state index in [0.29, 0.717) is 15.6 Å². The van der Waals surface area contributed by atoms with E-state index in [-0.39, 0.29) is 12.2 Å². The number of benzene rings is 1. The summed E-state index contributed by atoms with van der Waals surface area (Å²) in [6.07, 6.45) is 0.990. The minimum Gasteiger partial charge on any atom is -0.294 e. The molecule has 0 saturated carbocycles. The number of rotatable bonds is 4. The number of ketones is 1. The van der Waals surface area contributed by atoms with Crippen LogP contribution in [0.2, 0.25) is 10.0 Å². The molecule has 3 nitrogen and oxygen atoms in total. The quantitative estimate of drug-likeness (QED) is 0.799. The van der Waals surface area contributed by atoms with E-state index in [9.17, 15) is 4.79 Å². The smallest absolute Gasteiger partial charge is 0.168 e. The maximum absolute atomic E-state index is 12.3. The summed E-state index contributed by atoms with van der Waals surface area (Å²) in [6, 6.07) is 5.28. The average Bonchev–Trinajstić information content (AvgIpc) is 2.69. The Morgan fingerprint density at radius 2 is 2.05 bits per heavy atom. The molecule has 0 aliphatic heterocycles. The molecule has 5 heteroatoms. The van der Waals surface area contributed by atoms with Gasteiger partial charge in [-0.1, -0.05) is 30.1 Å². The molecule has 0 atom stereocenters. The topological polar surface area (TPSA) is 34.9 Å². The van der Waals surface area contributed by atoms with E-state index in [1.54, 1.807) is 29.9 Å². The Kier molecular flexibility index (Phi) is 4.51. The second-order valence-electron chi connectivity index (χ2n) is 4.75. The van der Waals surface area contributed by atoms with Crippen molar-refractivity contribution >= 4 is 29.0 Å². The first-order valence-corrected chi connectivity index (χ1v) is 7.19. The summed E-state index contributed by atoms with van der Waals surface area (Å²) in [5.41, 5.74) is 3.11. The maximum Gasteiger partial charge on any atom is 0.168 e. The molecule has 2 rings (SSSR count). The van der Waals surface area contributed by atoms with E-state index in [1.165, 1.54) is 0 Å². The van der Waals surface area contributed by atoms with Gasteiger partial charge in [0, 0.05) is 17.6 Å². The van der Waals surface area contributed by atoms with Crippen LogP contribution >= 0.6 is 23.2 Å². The van der Waals surface area contributed by atoms with Crippen LogP contribution in [0.25, 0.3) is 0 Å². The van der Waals surface area contributed by atoms with E-state index >= 15 is 0 Å². The molecule has 0 spiro atoms. The van der Waals surface area contributed by atoms with Crippen molar-refractivity contribution < 1.29 is 4.79 Å². The molecule has 0 saturated heterocycles. The number of nitrogens with zero attached hydrogens (tertiary/aromatic N) is 2. The minimum atomic E-state index is 0.0114. The van der Waals surface area contributed by atoms with Crippen LogP contribution in [0.5, 0.6) is 0 Å². The predicted molar refractivity (Wildman–Crippen MR) is 81.8 cm³/mol. The summed E-state index contributed by atoms with van der Waals surface area (Å²) in [7, 11) is 1.81. The molecule has 2 aromatic rings. The zero-order chi connectivity index (χ0) is 14.9. The van der Waals surface area contributed by atoms with Gasteiger partial charge in [0.25, 0.3) is 0 Å². The van der Waals surface area contributed by atoms with Crippen LogP contribution in [0.1, 0.15) is 34.2 Å². The lowest BCUT2D eigenvalue weighted by Gasteiger charge is -2.05. The van der Waals surface area contributed by atoms with Gasteiger partial charge in [0.1, 0.15) is 0 Å². The van der Waals surface area contributed by atoms with Crippen LogP contribution in [0, 0.1) is 6.92 Å². The molecular weight excluding hydrogens is 295 g/mol. The van der Waals surface area contributed by atoms with Crippen molar-refractivity contribution in [3.8, 4) is 0 Å². The molecule has 0 aliphatic rings. The Hall–Kier alpha value is -1.32. The molecular formula is C15H16Cl2N2O. The fraction of sp³-hybridized carbons (Fsp3) is 0.333. The van der Waals surface area contributed by atoms with Gasteiger partial charge in [-0.3, -0.25) is 9.48 Å². The monoisotopic (exact) mass is 310 g/mol. The summed E-state index contributed by atoms with van der Waals surface area (Å²) in [5.74, 6) is 0.0114. The van der Waals surface area contributed by atoms with Gasteiger partial charge in [-0.15, -0.1) is 0 Å². The number of aryl methyl sites for hydroxylation is 3. The number of aromatic nitrogens is 2. The third-order valence-electron chi connectivity index (χ3n) is 3.31. The van der Waals surface area contributed by atoms with Crippen LogP contribution in [0.15, 0.2) is 18.2 Å². The summed E-state index contributed by atoms with van der Waals surface area (Å²) >= 11 is 12.2.